The molecule has 0 spiro atoms. The van der Waals surface area contributed by atoms with Crippen LogP contribution in [0.3, 0.4) is 0 Å². The maximum atomic E-state index is 5.71. The summed E-state index contributed by atoms with van der Waals surface area (Å²) in [4.78, 5) is 0. The molecule has 0 bridgehead atoms. The first-order valence-electron chi connectivity index (χ1n) is 7.62. The summed E-state index contributed by atoms with van der Waals surface area (Å²) in [5, 5.41) is 0. The van der Waals surface area contributed by atoms with Gasteiger partial charge in [0.05, 0.1) is 7.11 Å². The van der Waals surface area contributed by atoms with Gasteiger partial charge in [0.25, 0.3) is 0 Å². The molecule has 108 valence electrons. The van der Waals surface area contributed by atoms with Crippen LogP contribution < -0.4 is 4.74 Å². The zero-order valence-corrected chi connectivity index (χ0v) is 13.8. The van der Waals surface area contributed by atoms with E-state index in [1.165, 1.54) is 28.7 Å². The van der Waals surface area contributed by atoms with Crippen molar-refractivity contribution in [2.75, 3.05) is 7.11 Å². The molecule has 0 aromatic heterocycles. The molecule has 0 aliphatic rings. The molecule has 0 saturated heterocycles. The van der Waals surface area contributed by atoms with Gasteiger partial charge in [0.15, 0.2) is 0 Å². The second-order valence-electron chi connectivity index (χ2n) is 6.28. The summed E-state index contributed by atoms with van der Waals surface area (Å²) >= 11 is 0. The Labute approximate surface area is 119 Å². The zero-order valence-electron chi connectivity index (χ0n) is 13.8. The first-order valence-corrected chi connectivity index (χ1v) is 7.62. The zero-order chi connectivity index (χ0) is 14.6. The van der Waals surface area contributed by atoms with E-state index in [-0.39, 0.29) is 5.41 Å². The van der Waals surface area contributed by atoms with Crippen molar-refractivity contribution in [3.63, 3.8) is 0 Å². The third-order valence-electron chi connectivity index (χ3n) is 3.82. The van der Waals surface area contributed by atoms with Crippen LogP contribution in [-0.2, 0) is 24.7 Å². The smallest absolute Gasteiger partial charge is 0.125 e. The van der Waals surface area contributed by atoms with E-state index in [4.69, 9.17) is 4.74 Å². The molecule has 1 aromatic rings. The summed E-state index contributed by atoms with van der Waals surface area (Å²) in [6.45, 7) is 13.6. The molecule has 1 rings (SSSR count). The van der Waals surface area contributed by atoms with E-state index in [1.807, 2.05) is 0 Å². The Morgan fingerprint density at radius 1 is 1.00 bits per heavy atom. The highest BCUT2D eigenvalue weighted by Gasteiger charge is 2.23. The molecule has 0 heterocycles. The topological polar surface area (TPSA) is 9.23 Å². The van der Waals surface area contributed by atoms with Crippen molar-refractivity contribution in [2.24, 2.45) is 0 Å². The van der Waals surface area contributed by atoms with Crippen LogP contribution in [0.4, 0.5) is 0 Å². The summed E-state index contributed by atoms with van der Waals surface area (Å²) in [6, 6.07) is 2.38. The van der Waals surface area contributed by atoms with Crippen molar-refractivity contribution in [2.45, 2.75) is 72.6 Å². The van der Waals surface area contributed by atoms with Crippen molar-refractivity contribution in [1.29, 1.82) is 0 Å². The lowest BCUT2D eigenvalue weighted by Gasteiger charge is -2.28. The predicted octanol–water partition coefficient (Wildman–Crippen LogP) is 5.07. The standard InChI is InChI=1S/C18H30O/c1-8-11-15-14(10-3)17(19-7)13(9-2)12-16(15)18(4,5)6/h12H,8-11H2,1-7H3. The monoisotopic (exact) mass is 262 g/mol. The Morgan fingerprint density at radius 3 is 2.00 bits per heavy atom. The van der Waals surface area contributed by atoms with Gasteiger partial charge in [-0.1, -0.05) is 54.0 Å². The molecule has 0 amide bonds. The second-order valence-corrected chi connectivity index (χ2v) is 6.28. The molecule has 0 atom stereocenters. The fourth-order valence-electron chi connectivity index (χ4n) is 2.92. The molecule has 0 aliphatic carbocycles. The number of aryl methyl sites for hydroxylation is 1. The molecule has 0 radical (unpaired) electrons. The van der Waals surface area contributed by atoms with E-state index in [0.29, 0.717) is 0 Å². The fraction of sp³-hybridized carbons (Fsp3) is 0.667. The Hall–Kier alpha value is -0.980. The largest absolute Gasteiger partial charge is 0.496 e. The average Bonchev–Trinajstić information content (AvgIpc) is 2.36. The van der Waals surface area contributed by atoms with Crippen LogP contribution in [-0.4, -0.2) is 7.11 Å². The molecule has 1 aromatic carbocycles. The summed E-state index contributed by atoms with van der Waals surface area (Å²) in [6.07, 6.45) is 4.42. The molecule has 1 heteroatoms. The Balaban J connectivity index is 3.62. The number of methoxy groups -OCH3 is 1. The van der Waals surface area contributed by atoms with Gasteiger partial charge < -0.3 is 4.74 Å². The number of ether oxygens (including phenoxy) is 1. The summed E-state index contributed by atoms with van der Waals surface area (Å²) in [7, 11) is 1.81. The minimum absolute atomic E-state index is 0.199. The van der Waals surface area contributed by atoms with Gasteiger partial charge in [-0.05, 0) is 46.9 Å². The summed E-state index contributed by atoms with van der Waals surface area (Å²) in [5.41, 5.74) is 6.00. The number of hydrogen-bond donors (Lipinski definition) is 0. The van der Waals surface area contributed by atoms with Gasteiger partial charge in [-0.25, -0.2) is 0 Å². The molecule has 0 aliphatic heterocycles. The first kappa shape index (κ1) is 16.1. The predicted molar refractivity (Wildman–Crippen MR) is 84.4 cm³/mol. The third kappa shape index (κ3) is 3.32. The van der Waals surface area contributed by atoms with E-state index in [0.717, 1.165) is 25.0 Å². The normalized spacial score (nSPS) is 11.7. The van der Waals surface area contributed by atoms with Crippen LogP contribution in [0, 0.1) is 0 Å². The Morgan fingerprint density at radius 2 is 1.63 bits per heavy atom. The number of benzene rings is 1. The van der Waals surface area contributed by atoms with Gasteiger partial charge in [0, 0.05) is 0 Å². The van der Waals surface area contributed by atoms with E-state index >= 15 is 0 Å². The van der Waals surface area contributed by atoms with Crippen molar-refractivity contribution in [1.82, 2.24) is 0 Å². The lowest BCUT2D eigenvalue weighted by molar-refractivity contribution is 0.403. The van der Waals surface area contributed by atoms with Crippen molar-refractivity contribution in [3.05, 3.63) is 28.3 Å². The van der Waals surface area contributed by atoms with Gasteiger partial charge in [0.2, 0.25) is 0 Å². The molecular weight excluding hydrogens is 232 g/mol. The Kier molecular flexibility index (Phi) is 5.46. The van der Waals surface area contributed by atoms with E-state index in [9.17, 15) is 0 Å². The van der Waals surface area contributed by atoms with E-state index in [2.05, 4.69) is 47.6 Å². The minimum atomic E-state index is 0.199. The highest BCUT2D eigenvalue weighted by Crippen LogP contribution is 2.37. The van der Waals surface area contributed by atoms with Crippen molar-refractivity contribution < 1.29 is 4.74 Å². The quantitative estimate of drug-likeness (QED) is 0.720. The molecule has 0 unspecified atom stereocenters. The minimum Gasteiger partial charge on any atom is -0.496 e. The summed E-state index contributed by atoms with van der Waals surface area (Å²) < 4.78 is 5.71. The van der Waals surface area contributed by atoms with Gasteiger partial charge >= 0.3 is 0 Å². The van der Waals surface area contributed by atoms with Gasteiger partial charge in [-0.15, -0.1) is 0 Å². The molecule has 1 nitrogen and oxygen atoms in total. The van der Waals surface area contributed by atoms with E-state index in [1.54, 1.807) is 7.11 Å². The highest BCUT2D eigenvalue weighted by atomic mass is 16.5. The van der Waals surface area contributed by atoms with Gasteiger partial charge in [-0.2, -0.15) is 0 Å². The van der Waals surface area contributed by atoms with Crippen molar-refractivity contribution in [3.8, 4) is 5.75 Å². The lowest BCUT2D eigenvalue weighted by atomic mass is 9.78. The van der Waals surface area contributed by atoms with Crippen LogP contribution in [0.15, 0.2) is 6.07 Å². The maximum Gasteiger partial charge on any atom is 0.125 e. The molecule has 0 N–H and O–H groups in total. The van der Waals surface area contributed by atoms with Gasteiger partial charge in [-0.3, -0.25) is 0 Å². The first-order chi connectivity index (χ1) is 8.90. The van der Waals surface area contributed by atoms with Crippen LogP contribution >= 0.6 is 0 Å². The lowest BCUT2D eigenvalue weighted by Crippen LogP contribution is -2.17. The van der Waals surface area contributed by atoms with Crippen LogP contribution in [0.2, 0.25) is 0 Å². The number of hydrogen-bond acceptors (Lipinski definition) is 1. The molecular formula is C18H30O. The average molecular weight is 262 g/mol. The molecule has 0 saturated carbocycles. The van der Waals surface area contributed by atoms with Crippen LogP contribution in [0.1, 0.15) is 70.2 Å². The SMILES string of the molecule is CCCc1c(C(C)(C)C)cc(CC)c(OC)c1CC. The second kappa shape index (κ2) is 6.45. The number of rotatable bonds is 5. The molecule has 0 fully saturated rings. The summed E-state index contributed by atoms with van der Waals surface area (Å²) in [5.74, 6) is 1.13. The molecule has 19 heavy (non-hydrogen) atoms. The third-order valence-corrected chi connectivity index (χ3v) is 3.82. The van der Waals surface area contributed by atoms with Crippen LogP contribution in [0.25, 0.3) is 0 Å². The van der Waals surface area contributed by atoms with Crippen molar-refractivity contribution >= 4 is 0 Å². The van der Waals surface area contributed by atoms with E-state index < -0.39 is 0 Å². The Bertz CT molecular complexity index is 424. The fourth-order valence-corrected chi connectivity index (χ4v) is 2.92. The maximum absolute atomic E-state index is 5.71. The highest BCUT2D eigenvalue weighted by molar-refractivity contribution is 5.53. The van der Waals surface area contributed by atoms with Crippen LogP contribution in [0.5, 0.6) is 5.75 Å². The van der Waals surface area contributed by atoms with Gasteiger partial charge in [0.1, 0.15) is 5.75 Å².